The van der Waals surface area contributed by atoms with Crippen LogP contribution in [0.2, 0.25) is 0 Å². The maximum atomic E-state index is 14.0. The molecule has 3 aromatic rings. The van der Waals surface area contributed by atoms with E-state index in [0.717, 1.165) is 31.6 Å². The molecule has 4 rings (SSSR count). The minimum Gasteiger partial charge on any atom is -0.495 e. The summed E-state index contributed by atoms with van der Waals surface area (Å²) in [5.41, 5.74) is 6.24. The topological polar surface area (TPSA) is 118 Å². The lowest BCUT2D eigenvalue weighted by molar-refractivity contribution is -0.137. The van der Waals surface area contributed by atoms with Gasteiger partial charge < -0.3 is 35.6 Å². The average molecular weight is 586 g/mol. The molecule has 0 saturated carbocycles. The number of nitrogens with zero attached hydrogens (tertiary/aromatic N) is 4. The van der Waals surface area contributed by atoms with E-state index < -0.39 is 23.5 Å². The highest BCUT2D eigenvalue weighted by molar-refractivity contribution is 6.18. The van der Waals surface area contributed by atoms with Crippen LogP contribution >= 0.6 is 0 Å². The Morgan fingerprint density at radius 3 is 2.33 bits per heavy atom. The van der Waals surface area contributed by atoms with Gasteiger partial charge in [0.1, 0.15) is 22.9 Å². The van der Waals surface area contributed by atoms with Gasteiger partial charge in [-0.1, -0.05) is 12.6 Å². The molecule has 1 aliphatic rings. The number of amides is 1. The molecule has 2 heterocycles. The molecule has 1 saturated heterocycles. The normalized spacial score (nSPS) is 14.0. The van der Waals surface area contributed by atoms with E-state index in [2.05, 4.69) is 51.1 Å². The van der Waals surface area contributed by atoms with Crippen molar-refractivity contribution in [2.45, 2.75) is 25.1 Å². The number of nitrogens with one attached hydrogen (secondary N) is 2. The third kappa shape index (κ3) is 6.85. The monoisotopic (exact) mass is 585 g/mol. The van der Waals surface area contributed by atoms with Crippen LogP contribution in [0.1, 0.15) is 24.0 Å². The predicted molar refractivity (Wildman–Crippen MR) is 157 cm³/mol. The first-order chi connectivity index (χ1) is 19.9. The number of primary amides is 1. The largest absolute Gasteiger partial charge is 0.495 e. The smallest absolute Gasteiger partial charge is 0.421 e. The Balaban J connectivity index is 1.64. The van der Waals surface area contributed by atoms with E-state index in [0.29, 0.717) is 40.7 Å². The summed E-state index contributed by atoms with van der Waals surface area (Å²) in [6.45, 7) is 5.38. The molecule has 13 heteroatoms. The summed E-state index contributed by atoms with van der Waals surface area (Å²) in [5.74, 6) is -0.649. The number of ether oxygens (including phenoxy) is 2. The number of hydrogen-bond acceptors (Lipinski definition) is 9. The van der Waals surface area contributed by atoms with Crippen LogP contribution in [-0.4, -0.2) is 68.2 Å². The van der Waals surface area contributed by atoms with Gasteiger partial charge in [0.2, 0.25) is 11.9 Å². The van der Waals surface area contributed by atoms with Gasteiger partial charge in [0.05, 0.1) is 25.6 Å². The van der Waals surface area contributed by atoms with Crippen molar-refractivity contribution in [3.63, 3.8) is 0 Å². The van der Waals surface area contributed by atoms with E-state index in [9.17, 15) is 18.0 Å². The van der Waals surface area contributed by atoms with Crippen LogP contribution in [0.4, 0.5) is 42.0 Å². The predicted octanol–water partition coefficient (Wildman–Crippen LogP) is 5.03. The molecule has 0 atom stereocenters. The SMILES string of the molecule is C=C(C(N)=O)c1ccc(OC)c(Nc2ncc(C(F)(F)F)c(Nc3ccc(N4CCC(N(C)C)CC4)cc3OC)n2)c1. The lowest BCUT2D eigenvalue weighted by Crippen LogP contribution is -2.41. The van der Waals surface area contributed by atoms with Crippen LogP contribution in [0.25, 0.3) is 5.57 Å². The summed E-state index contributed by atoms with van der Waals surface area (Å²) < 4.78 is 52.8. The Hall–Kier alpha value is -4.52. The lowest BCUT2D eigenvalue weighted by atomic mass is 10.0. The zero-order valence-electron chi connectivity index (χ0n) is 23.9. The summed E-state index contributed by atoms with van der Waals surface area (Å²) in [6.07, 6.45) is -2.04. The first-order valence-electron chi connectivity index (χ1n) is 13.2. The van der Waals surface area contributed by atoms with Crippen LogP contribution in [0.5, 0.6) is 11.5 Å². The molecule has 0 bridgehead atoms. The number of rotatable bonds is 10. The molecule has 1 aliphatic heterocycles. The van der Waals surface area contributed by atoms with E-state index in [-0.39, 0.29) is 11.5 Å². The van der Waals surface area contributed by atoms with Crippen LogP contribution in [0.3, 0.4) is 0 Å². The zero-order valence-corrected chi connectivity index (χ0v) is 23.9. The fourth-order valence-corrected chi connectivity index (χ4v) is 4.75. The molecule has 1 amide bonds. The number of hydrogen-bond donors (Lipinski definition) is 3. The average Bonchev–Trinajstić information content (AvgIpc) is 2.96. The second kappa shape index (κ2) is 12.6. The molecular weight excluding hydrogens is 551 g/mol. The van der Waals surface area contributed by atoms with Crippen molar-refractivity contribution in [2.75, 3.05) is 56.9 Å². The van der Waals surface area contributed by atoms with Crippen molar-refractivity contribution in [2.24, 2.45) is 5.73 Å². The summed E-state index contributed by atoms with van der Waals surface area (Å²) in [7, 11) is 7.02. The van der Waals surface area contributed by atoms with Crippen molar-refractivity contribution < 1.29 is 27.4 Å². The summed E-state index contributed by atoms with van der Waals surface area (Å²) in [6, 6.07) is 10.5. The molecule has 0 radical (unpaired) electrons. The number of halogens is 3. The highest BCUT2D eigenvalue weighted by Gasteiger charge is 2.36. The van der Waals surface area contributed by atoms with Crippen LogP contribution in [0.15, 0.2) is 49.2 Å². The molecular formula is C29H34F3N7O3. The van der Waals surface area contributed by atoms with Gasteiger partial charge in [-0.05, 0) is 56.8 Å². The van der Waals surface area contributed by atoms with Crippen molar-refractivity contribution in [3.8, 4) is 11.5 Å². The number of aromatic nitrogens is 2. The lowest BCUT2D eigenvalue weighted by Gasteiger charge is -2.36. The Morgan fingerprint density at radius 1 is 1.05 bits per heavy atom. The zero-order chi connectivity index (χ0) is 30.6. The van der Waals surface area contributed by atoms with Crippen molar-refractivity contribution in [3.05, 3.63) is 60.3 Å². The quantitative estimate of drug-likeness (QED) is 0.282. The Kier molecular flexibility index (Phi) is 9.10. The van der Waals surface area contributed by atoms with E-state index in [1.807, 2.05) is 6.07 Å². The van der Waals surface area contributed by atoms with E-state index in [1.165, 1.54) is 20.3 Å². The van der Waals surface area contributed by atoms with Gasteiger partial charge in [0.15, 0.2) is 0 Å². The molecule has 1 aromatic heterocycles. The van der Waals surface area contributed by atoms with E-state index in [1.54, 1.807) is 24.3 Å². The molecule has 0 unspecified atom stereocenters. The maximum Gasteiger partial charge on any atom is 0.421 e. The molecule has 0 aliphatic carbocycles. The van der Waals surface area contributed by atoms with Gasteiger partial charge in [-0.25, -0.2) is 4.98 Å². The van der Waals surface area contributed by atoms with Gasteiger partial charge in [-0.3, -0.25) is 4.79 Å². The molecule has 1 fully saturated rings. The molecule has 0 spiro atoms. The standard InChI is InChI=1S/C29H34F3N7O3/c1-17(26(33)40)18-6-9-24(41-4)23(14-18)36-28-34-16-21(29(30,31)32)27(37-28)35-22-8-7-20(15-25(22)42-5)39-12-10-19(11-13-39)38(2)3/h6-9,14-16,19H,1,10-13H2,2-5H3,(H2,33,40)(H2,34,35,36,37). The highest BCUT2D eigenvalue weighted by Crippen LogP contribution is 2.39. The van der Waals surface area contributed by atoms with Crippen molar-refractivity contribution >= 4 is 40.3 Å². The third-order valence-electron chi connectivity index (χ3n) is 7.18. The summed E-state index contributed by atoms with van der Waals surface area (Å²) >= 11 is 0. The van der Waals surface area contributed by atoms with Gasteiger partial charge >= 0.3 is 6.18 Å². The van der Waals surface area contributed by atoms with E-state index >= 15 is 0 Å². The first-order valence-corrected chi connectivity index (χ1v) is 13.2. The number of anilines is 5. The van der Waals surface area contributed by atoms with Crippen molar-refractivity contribution in [1.29, 1.82) is 0 Å². The fourth-order valence-electron chi connectivity index (χ4n) is 4.75. The van der Waals surface area contributed by atoms with E-state index in [4.69, 9.17) is 15.2 Å². The second-order valence-corrected chi connectivity index (χ2v) is 10.0. The highest BCUT2D eigenvalue weighted by atomic mass is 19.4. The van der Waals surface area contributed by atoms with Crippen LogP contribution in [-0.2, 0) is 11.0 Å². The molecule has 4 N–H and O–H groups in total. The summed E-state index contributed by atoms with van der Waals surface area (Å²) in [5, 5.41) is 5.65. The van der Waals surface area contributed by atoms with Crippen LogP contribution < -0.4 is 30.7 Å². The molecule has 10 nitrogen and oxygen atoms in total. The number of methoxy groups -OCH3 is 2. The Morgan fingerprint density at radius 2 is 1.74 bits per heavy atom. The minimum atomic E-state index is -4.73. The third-order valence-corrected chi connectivity index (χ3v) is 7.18. The minimum absolute atomic E-state index is 0.0500. The number of carbonyl (C=O) groups excluding carboxylic acids is 1. The summed E-state index contributed by atoms with van der Waals surface area (Å²) in [4.78, 5) is 24.0. The number of carbonyl (C=O) groups is 1. The number of nitrogens with two attached hydrogens (primary N) is 1. The Labute approximate surface area is 242 Å². The maximum absolute atomic E-state index is 14.0. The first kappa shape index (κ1) is 30.4. The van der Waals surface area contributed by atoms with Gasteiger partial charge in [-0.15, -0.1) is 0 Å². The van der Waals surface area contributed by atoms with Crippen molar-refractivity contribution in [1.82, 2.24) is 14.9 Å². The Bertz CT molecular complexity index is 1450. The molecule has 224 valence electrons. The van der Waals surface area contributed by atoms with Gasteiger partial charge in [0.25, 0.3) is 0 Å². The van der Waals surface area contributed by atoms with Gasteiger partial charge in [-0.2, -0.15) is 18.2 Å². The number of benzene rings is 2. The number of piperidine rings is 1. The van der Waals surface area contributed by atoms with Gasteiger partial charge in [0, 0.05) is 42.7 Å². The second-order valence-electron chi connectivity index (χ2n) is 10.0. The molecule has 42 heavy (non-hydrogen) atoms. The van der Waals surface area contributed by atoms with Crippen LogP contribution in [0, 0.1) is 0 Å². The molecule has 2 aromatic carbocycles. The number of alkyl halides is 3. The fraction of sp³-hybridized carbons (Fsp3) is 0.345.